The van der Waals surface area contributed by atoms with E-state index in [-0.39, 0.29) is 20.2 Å². The van der Waals surface area contributed by atoms with Gasteiger partial charge in [-0.25, -0.2) is 0 Å². The maximum Gasteiger partial charge on any atom is 2.00 e. The van der Waals surface area contributed by atoms with E-state index >= 15 is 0 Å². The Bertz CT molecular complexity index is 74.6. The summed E-state index contributed by atoms with van der Waals surface area (Å²) in [6, 6.07) is 0. The van der Waals surface area contributed by atoms with E-state index < -0.39 is 0 Å². The molecule has 48 valence electrons. The van der Waals surface area contributed by atoms with Crippen LogP contribution in [0.5, 0.6) is 0 Å². The third-order valence-electron chi connectivity index (χ3n) is 0. The number of hydrogen-bond donors (Lipinski definition) is 0. The van der Waals surface area contributed by atoms with Gasteiger partial charge in [0.2, 0.25) is 0 Å². The summed E-state index contributed by atoms with van der Waals surface area (Å²) in [6.07, 6.45) is 0. The molecule has 0 unspecified atom stereocenters. The molecule has 0 bridgehead atoms. The van der Waals surface area contributed by atoms with Gasteiger partial charge in [0.15, 0.2) is 0 Å². The van der Waals surface area contributed by atoms with Crippen LogP contribution in [0.3, 0.4) is 0 Å². The minimum absolute atomic E-state index is 0. The van der Waals surface area contributed by atoms with Gasteiger partial charge in [-0.1, -0.05) is 10.1 Å². The Morgan fingerprint density at radius 1 is 1.00 bits per heavy atom. The molecule has 0 aromatic heterocycles. The van der Waals surface area contributed by atoms with Gasteiger partial charge >= 0.3 is 10.1 Å². The first-order valence-electron chi connectivity index (χ1n) is 1.82. The fraction of sp³-hybridized carbons (Fsp3) is 0.500. The molecule has 0 aliphatic carbocycles. The molecule has 0 aliphatic rings. The van der Waals surface area contributed by atoms with Crippen molar-refractivity contribution in [2.75, 3.05) is 0 Å². The summed E-state index contributed by atoms with van der Waals surface area (Å²) in [5.41, 5.74) is 0. The normalized spacial score (nSPS) is 5.56. The molecule has 5 heteroatoms. The van der Waals surface area contributed by atoms with Crippen molar-refractivity contribution < 1.29 is 10.2 Å². The molecule has 9 heavy (non-hydrogen) atoms. The monoisotopic (exact) mass is 159 g/mol. The standard InChI is InChI=1S/2C2H4OS.Be/c2*1-2(3)4;/h2*1H3,(H,3,4);/q;;+2/p-2. The minimum atomic E-state index is -0.250. The smallest absolute Gasteiger partial charge is 0.868 e. The van der Waals surface area contributed by atoms with Gasteiger partial charge in [-0.05, 0) is 13.8 Å². The summed E-state index contributed by atoms with van der Waals surface area (Å²) in [4.78, 5) is 0. The second-order valence-corrected chi connectivity index (χ2v) is 2.13. The zero-order valence-corrected chi connectivity index (χ0v) is 6.97. The van der Waals surface area contributed by atoms with Crippen LogP contribution in [0.1, 0.15) is 13.8 Å². The molecule has 0 radical (unpaired) electrons. The molecule has 0 saturated carbocycles. The van der Waals surface area contributed by atoms with Crippen LogP contribution in [0.25, 0.3) is 0 Å². The Hall–Kier alpha value is -0.0512. The average molecular weight is 159 g/mol. The zero-order valence-electron chi connectivity index (χ0n) is 5.34. The van der Waals surface area contributed by atoms with Crippen molar-refractivity contribution in [3.05, 3.63) is 0 Å². The van der Waals surface area contributed by atoms with Crippen molar-refractivity contribution in [1.29, 1.82) is 0 Å². The topological polar surface area (TPSA) is 46.1 Å². The van der Waals surface area contributed by atoms with Gasteiger partial charge in [-0.3, -0.25) is 0 Å². The van der Waals surface area contributed by atoms with E-state index in [0.717, 1.165) is 0 Å². The van der Waals surface area contributed by atoms with Crippen molar-refractivity contribution in [2.24, 2.45) is 0 Å². The van der Waals surface area contributed by atoms with Gasteiger partial charge in [0.25, 0.3) is 0 Å². The van der Waals surface area contributed by atoms with E-state index in [0.29, 0.717) is 0 Å². The van der Waals surface area contributed by atoms with E-state index in [4.69, 9.17) is 0 Å². The Kier molecular flexibility index (Phi) is 19.3. The van der Waals surface area contributed by atoms with Crippen LogP contribution in [0, 0.1) is 0 Å². The van der Waals surface area contributed by atoms with Gasteiger partial charge in [0, 0.05) is 0 Å². The number of thiocarbonyl (C=S) groups is 2. The Balaban J connectivity index is -0.0000000720. The van der Waals surface area contributed by atoms with E-state index in [2.05, 4.69) is 24.4 Å². The molecule has 2 nitrogen and oxygen atoms in total. The number of hydrogen-bond acceptors (Lipinski definition) is 4. The van der Waals surface area contributed by atoms with E-state index in [9.17, 15) is 10.2 Å². The number of rotatable bonds is 0. The maximum atomic E-state index is 9.26. The summed E-state index contributed by atoms with van der Waals surface area (Å²) in [6.45, 7) is 2.69. The van der Waals surface area contributed by atoms with Crippen molar-refractivity contribution >= 4 is 44.7 Å². The quantitative estimate of drug-likeness (QED) is 0.336. The fourth-order valence-corrected chi connectivity index (χ4v) is 0. The first kappa shape index (κ1) is 16.0. The maximum absolute atomic E-state index is 9.26. The van der Waals surface area contributed by atoms with Gasteiger partial charge < -0.3 is 10.2 Å². The third kappa shape index (κ3) is 107000. The predicted molar refractivity (Wildman–Crippen MR) is 42.3 cm³/mol. The van der Waals surface area contributed by atoms with Gasteiger partial charge in [-0.2, -0.15) is 0 Å². The first-order valence-corrected chi connectivity index (χ1v) is 2.63. The second-order valence-electron chi connectivity index (χ2n) is 0.983. The third-order valence-corrected chi connectivity index (χ3v) is 0. The van der Waals surface area contributed by atoms with E-state index in [1.807, 2.05) is 0 Å². The molecule has 0 amide bonds. The predicted octanol–water partition coefficient (Wildman–Crippen LogP) is -0.993. The summed E-state index contributed by atoms with van der Waals surface area (Å²) in [5.74, 6) is 0. The molecule has 0 aromatic rings. The molecule has 0 saturated heterocycles. The molecular weight excluding hydrogens is 153 g/mol. The minimum Gasteiger partial charge on any atom is -0.868 e. The van der Waals surface area contributed by atoms with Crippen molar-refractivity contribution in [1.82, 2.24) is 0 Å². The molecule has 0 aromatic carbocycles. The van der Waals surface area contributed by atoms with Gasteiger partial charge in [0.1, 0.15) is 0 Å². The molecule has 0 atom stereocenters. The molecule has 0 heterocycles. The Morgan fingerprint density at radius 3 is 1.00 bits per heavy atom. The molecule has 0 N–H and O–H groups in total. The molecule has 0 aliphatic heterocycles. The molecule has 0 rings (SSSR count). The van der Waals surface area contributed by atoms with E-state index in [1.54, 1.807) is 0 Å². The summed E-state index contributed by atoms with van der Waals surface area (Å²) in [5, 5.41) is 18.0. The van der Waals surface area contributed by atoms with Crippen LogP contribution in [0.15, 0.2) is 0 Å². The van der Waals surface area contributed by atoms with Crippen LogP contribution in [-0.2, 0) is 0 Å². The van der Waals surface area contributed by atoms with Crippen molar-refractivity contribution in [3.63, 3.8) is 0 Å². The largest absolute Gasteiger partial charge is 2.00 e. The first-order chi connectivity index (χ1) is 3.46. The summed E-state index contributed by atoms with van der Waals surface area (Å²) >= 11 is 7.96. The van der Waals surface area contributed by atoms with Crippen molar-refractivity contribution in [2.45, 2.75) is 13.8 Å². The second kappa shape index (κ2) is 10.8. The Morgan fingerprint density at radius 2 is 1.00 bits per heavy atom. The van der Waals surface area contributed by atoms with Gasteiger partial charge in [-0.15, -0.1) is 24.4 Å². The van der Waals surface area contributed by atoms with Crippen LogP contribution in [0.4, 0.5) is 0 Å². The van der Waals surface area contributed by atoms with Gasteiger partial charge in [0.05, 0.1) is 0 Å². The van der Waals surface area contributed by atoms with Crippen LogP contribution >= 0.6 is 24.4 Å². The molecule has 0 spiro atoms. The molecule has 0 fully saturated rings. The SMILES string of the molecule is CC([O-])=S.CC([O-])=S.[Be+2]. The fourth-order valence-electron chi connectivity index (χ4n) is 0. The Labute approximate surface area is 69.1 Å². The summed E-state index contributed by atoms with van der Waals surface area (Å²) in [7, 11) is 0. The van der Waals surface area contributed by atoms with Crippen molar-refractivity contribution in [3.8, 4) is 0 Å². The van der Waals surface area contributed by atoms with E-state index in [1.165, 1.54) is 13.8 Å². The average Bonchev–Trinajstić information content (AvgIpc) is 1.25. The molecular formula is C4H6BeO2S2. The van der Waals surface area contributed by atoms with Crippen LogP contribution in [-0.4, -0.2) is 20.2 Å². The van der Waals surface area contributed by atoms with Crippen LogP contribution < -0.4 is 10.2 Å². The zero-order chi connectivity index (χ0) is 7.15. The summed E-state index contributed by atoms with van der Waals surface area (Å²) < 4.78 is 0. The van der Waals surface area contributed by atoms with Crippen LogP contribution in [0.2, 0.25) is 0 Å².